The first-order chi connectivity index (χ1) is 15.6. The van der Waals surface area contributed by atoms with Gasteiger partial charge in [0, 0.05) is 25.2 Å². The maximum absolute atomic E-state index is 13.2. The van der Waals surface area contributed by atoms with Crippen LogP contribution < -0.4 is 4.74 Å². The average molecular weight is 461 g/mol. The van der Waals surface area contributed by atoms with Crippen LogP contribution in [-0.2, 0) is 11.0 Å². The van der Waals surface area contributed by atoms with E-state index in [0.29, 0.717) is 36.2 Å². The Hall–Kier alpha value is -3.10. The van der Waals surface area contributed by atoms with Crippen LogP contribution in [0.2, 0.25) is 0 Å². The third-order valence-corrected chi connectivity index (χ3v) is 6.13. The molecule has 4 rings (SSSR count). The molecule has 0 saturated carbocycles. The van der Waals surface area contributed by atoms with Crippen molar-refractivity contribution >= 4 is 11.6 Å². The molecule has 0 N–H and O–H groups in total. The summed E-state index contributed by atoms with van der Waals surface area (Å²) in [5.74, 6) is 1.12. The van der Waals surface area contributed by atoms with Crippen LogP contribution in [-0.4, -0.2) is 45.1 Å². The number of rotatable bonds is 5. The molecule has 1 atom stereocenters. The second-order valence-electron chi connectivity index (χ2n) is 8.85. The molecule has 0 spiro atoms. The van der Waals surface area contributed by atoms with Gasteiger partial charge in [0.2, 0.25) is 0 Å². The summed E-state index contributed by atoms with van der Waals surface area (Å²) in [7, 11) is 0. The first-order valence-corrected chi connectivity index (χ1v) is 11.1. The van der Waals surface area contributed by atoms with Crippen molar-refractivity contribution in [1.82, 2.24) is 19.5 Å². The van der Waals surface area contributed by atoms with E-state index in [9.17, 15) is 18.0 Å². The van der Waals surface area contributed by atoms with Crippen LogP contribution in [0.5, 0.6) is 5.75 Å². The minimum absolute atomic E-state index is 0.0894. The molecule has 2 aromatic heterocycles. The van der Waals surface area contributed by atoms with Crippen molar-refractivity contribution in [3.8, 4) is 5.75 Å². The van der Waals surface area contributed by atoms with Gasteiger partial charge in [0.15, 0.2) is 12.3 Å². The van der Waals surface area contributed by atoms with E-state index >= 15 is 0 Å². The van der Waals surface area contributed by atoms with E-state index in [1.807, 2.05) is 19.1 Å². The minimum atomic E-state index is -4.45. The summed E-state index contributed by atoms with van der Waals surface area (Å²) in [5.41, 5.74) is 1.69. The maximum atomic E-state index is 13.2. The molecule has 1 aliphatic rings. The van der Waals surface area contributed by atoms with Crippen molar-refractivity contribution in [2.24, 2.45) is 0 Å². The van der Waals surface area contributed by atoms with Crippen LogP contribution in [0.4, 0.5) is 13.2 Å². The fraction of sp³-hybridized carbons (Fsp3) is 0.458. The lowest BCUT2D eigenvalue weighted by Crippen LogP contribution is -2.42. The quantitative estimate of drug-likeness (QED) is 0.540. The number of halogens is 3. The van der Waals surface area contributed by atoms with Gasteiger partial charge in [-0.2, -0.15) is 13.2 Å². The van der Waals surface area contributed by atoms with Gasteiger partial charge >= 0.3 is 6.18 Å². The first kappa shape index (κ1) is 23.1. The monoisotopic (exact) mass is 460 g/mol. The second-order valence-corrected chi connectivity index (χ2v) is 8.85. The van der Waals surface area contributed by atoms with Gasteiger partial charge in [-0.3, -0.25) is 9.20 Å². The number of aromatic nitrogens is 3. The van der Waals surface area contributed by atoms with Crippen LogP contribution >= 0.6 is 0 Å². The molecule has 0 bridgehead atoms. The van der Waals surface area contributed by atoms with E-state index < -0.39 is 11.7 Å². The lowest BCUT2D eigenvalue weighted by Gasteiger charge is -2.32. The molecule has 3 aromatic rings. The number of carbonyl (C=O) groups excluding carboxylic acids is 1. The Morgan fingerprint density at radius 3 is 2.73 bits per heavy atom. The van der Waals surface area contributed by atoms with Gasteiger partial charge in [0.05, 0.1) is 5.56 Å². The fourth-order valence-electron chi connectivity index (χ4n) is 4.13. The summed E-state index contributed by atoms with van der Waals surface area (Å²) in [6.07, 6.45) is -1.98. The van der Waals surface area contributed by atoms with Crippen LogP contribution in [0.15, 0.2) is 36.5 Å². The van der Waals surface area contributed by atoms with E-state index in [1.54, 1.807) is 4.90 Å². The zero-order valence-corrected chi connectivity index (χ0v) is 18.9. The summed E-state index contributed by atoms with van der Waals surface area (Å²) in [6.45, 7) is 6.98. The van der Waals surface area contributed by atoms with E-state index in [1.165, 1.54) is 10.5 Å². The molecule has 9 heteroatoms. The maximum Gasteiger partial charge on any atom is 0.417 e. The molecule has 33 heavy (non-hydrogen) atoms. The zero-order chi connectivity index (χ0) is 23.8. The number of likely N-dealkylation sites (tertiary alicyclic amines) is 1. The number of ether oxygens (including phenoxy) is 1. The highest BCUT2D eigenvalue weighted by Gasteiger charge is 2.33. The summed E-state index contributed by atoms with van der Waals surface area (Å²) in [4.78, 5) is 14.6. The van der Waals surface area contributed by atoms with E-state index in [4.69, 9.17) is 4.74 Å². The van der Waals surface area contributed by atoms with E-state index in [0.717, 1.165) is 36.2 Å². The molecule has 1 fully saturated rings. The number of amides is 1. The summed E-state index contributed by atoms with van der Waals surface area (Å²) in [5, 5.41) is 8.16. The topological polar surface area (TPSA) is 59.7 Å². The number of piperidine rings is 1. The third kappa shape index (κ3) is 4.96. The van der Waals surface area contributed by atoms with E-state index in [-0.39, 0.29) is 18.4 Å². The predicted molar refractivity (Wildman–Crippen MR) is 117 cm³/mol. The Kier molecular flexibility index (Phi) is 6.32. The van der Waals surface area contributed by atoms with Gasteiger partial charge in [-0.05, 0) is 55.0 Å². The Balaban J connectivity index is 1.47. The number of pyridine rings is 1. The van der Waals surface area contributed by atoms with Crippen LogP contribution in [0.3, 0.4) is 0 Å². The number of carbonyl (C=O) groups is 1. The molecular weight excluding hydrogens is 433 g/mol. The Morgan fingerprint density at radius 1 is 1.21 bits per heavy atom. The van der Waals surface area contributed by atoms with Crippen LogP contribution in [0.1, 0.15) is 61.0 Å². The Labute approximate surface area is 190 Å². The van der Waals surface area contributed by atoms with Gasteiger partial charge in [-0.25, -0.2) is 0 Å². The molecular formula is C24H27F3N4O2. The molecule has 1 unspecified atom stereocenters. The molecule has 3 heterocycles. The number of hydrogen-bond acceptors (Lipinski definition) is 4. The van der Waals surface area contributed by atoms with Crippen molar-refractivity contribution in [1.29, 1.82) is 0 Å². The third-order valence-electron chi connectivity index (χ3n) is 6.13. The molecule has 6 nitrogen and oxygen atoms in total. The van der Waals surface area contributed by atoms with Gasteiger partial charge in [-0.1, -0.05) is 26.0 Å². The number of alkyl halides is 3. The van der Waals surface area contributed by atoms with Crippen LogP contribution in [0, 0.1) is 6.92 Å². The van der Waals surface area contributed by atoms with Gasteiger partial charge in [0.25, 0.3) is 5.91 Å². The number of nitrogens with zero attached hydrogens (tertiary/aromatic N) is 4. The zero-order valence-electron chi connectivity index (χ0n) is 18.9. The highest BCUT2D eigenvalue weighted by molar-refractivity contribution is 5.78. The summed E-state index contributed by atoms with van der Waals surface area (Å²) >= 11 is 0. The average Bonchev–Trinajstić information content (AvgIpc) is 3.21. The lowest BCUT2D eigenvalue weighted by molar-refractivity contribution is -0.138. The Morgan fingerprint density at radius 2 is 2.00 bits per heavy atom. The Bertz CT molecular complexity index is 1160. The van der Waals surface area contributed by atoms with Gasteiger partial charge < -0.3 is 9.64 Å². The highest BCUT2D eigenvalue weighted by atomic mass is 19.4. The molecule has 1 amide bonds. The number of aryl methyl sites for hydroxylation is 1. The molecule has 1 aliphatic heterocycles. The second kappa shape index (κ2) is 9.03. The number of benzene rings is 1. The standard InChI is InChI=1S/C24H27F3N4O2/c1-15(2)17-7-6-16(3)20(11-17)33-14-22(32)30-10-4-5-18(12-30)23-29-28-21-9-8-19(13-31(21)23)24(25,26)27/h6-9,11,13,15,18H,4-5,10,12,14H2,1-3H3. The molecule has 1 saturated heterocycles. The number of hydrogen-bond donors (Lipinski definition) is 0. The van der Waals surface area contributed by atoms with E-state index in [2.05, 4.69) is 30.1 Å². The van der Waals surface area contributed by atoms with Crippen molar-refractivity contribution in [2.75, 3.05) is 19.7 Å². The summed E-state index contributed by atoms with van der Waals surface area (Å²) < 4.78 is 46.7. The van der Waals surface area contributed by atoms with Gasteiger partial charge in [-0.15, -0.1) is 10.2 Å². The molecule has 0 radical (unpaired) electrons. The molecule has 1 aromatic carbocycles. The lowest BCUT2D eigenvalue weighted by atomic mass is 9.97. The minimum Gasteiger partial charge on any atom is -0.483 e. The predicted octanol–water partition coefficient (Wildman–Crippen LogP) is 4.96. The number of fused-ring (bicyclic) bond motifs is 1. The largest absolute Gasteiger partial charge is 0.483 e. The van der Waals surface area contributed by atoms with Crippen molar-refractivity contribution in [2.45, 2.75) is 51.6 Å². The molecule has 0 aliphatic carbocycles. The SMILES string of the molecule is Cc1ccc(C(C)C)cc1OCC(=O)N1CCCC(c2nnc3ccc(C(F)(F)F)cn23)C1. The first-order valence-electron chi connectivity index (χ1n) is 11.1. The molecule has 176 valence electrons. The van der Waals surface area contributed by atoms with Gasteiger partial charge in [0.1, 0.15) is 11.6 Å². The highest BCUT2D eigenvalue weighted by Crippen LogP contribution is 2.31. The van der Waals surface area contributed by atoms with Crippen LogP contribution in [0.25, 0.3) is 5.65 Å². The normalized spacial score (nSPS) is 17.1. The fourth-order valence-corrected chi connectivity index (χ4v) is 4.13. The van der Waals surface area contributed by atoms with Crippen molar-refractivity contribution in [3.63, 3.8) is 0 Å². The smallest absolute Gasteiger partial charge is 0.417 e. The summed E-state index contributed by atoms with van der Waals surface area (Å²) in [6, 6.07) is 8.31. The van der Waals surface area contributed by atoms with Crippen molar-refractivity contribution < 1.29 is 22.7 Å². The van der Waals surface area contributed by atoms with Crippen molar-refractivity contribution in [3.05, 3.63) is 59.0 Å².